The number of nitrogens with zero attached hydrogens (tertiary/aromatic N) is 2. The fraction of sp³-hybridized carbons (Fsp3) is 0.100. The molecule has 0 aliphatic heterocycles. The first kappa shape index (κ1) is 18.1. The molecule has 0 radical (unpaired) electrons. The first-order valence-corrected chi connectivity index (χ1v) is 8.26. The Hall–Kier alpha value is -3.74. The first-order valence-electron chi connectivity index (χ1n) is 8.26. The number of rotatable bonds is 6. The number of esters is 1. The number of ether oxygens (including phenoxy) is 1. The molecule has 7 heteroatoms. The van der Waals surface area contributed by atoms with Crippen LogP contribution in [0.5, 0.6) is 0 Å². The average molecular weight is 362 g/mol. The van der Waals surface area contributed by atoms with Crippen LogP contribution in [0.4, 0.5) is 11.4 Å². The number of aryl methyl sites for hydroxylation is 1. The summed E-state index contributed by atoms with van der Waals surface area (Å²) in [5, 5.41) is 13.8. The number of nitrogens with one attached hydrogen (secondary N) is 2. The molecule has 1 heterocycles. The maximum absolute atomic E-state index is 12.0. The van der Waals surface area contributed by atoms with Gasteiger partial charge in [-0.3, -0.25) is 9.89 Å². The van der Waals surface area contributed by atoms with E-state index in [2.05, 4.69) is 27.0 Å². The molecular formula is C20H18N4O3. The lowest BCUT2D eigenvalue weighted by molar-refractivity contribution is 0.0550. The predicted molar refractivity (Wildman–Crippen MR) is 103 cm³/mol. The van der Waals surface area contributed by atoms with Crippen molar-refractivity contribution < 1.29 is 9.53 Å². The van der Waals surface area contributed by atoms with Crippen molar-refractivity contribution in [2.45, 2.75) is 6.92 Å². The van der Waals surface area contributed by atoms with Crippen LogP contribution in [0.2, 0.25) is 0 Å². The van der Waals surface area contributed by atoms with E-state index in [1.807, 2.05) is 25.1 Å². The molecule has 7 nitrogen and oxygen atoms in total. The Kier molecular flexibility index (Phi) is 5.41. The van der Waals surface area contributed by atoms with E-state index < -0.39 is 5.97 Å². The van der Waals surface area contributed by atoms with Crippen molar-refractivity contribution in [3.8, 4) is 11.1 Å². The van der Waals surface area contributed by atoms with Crippen molar-refractivity contribution >= 4 is 17.3 Å². The van der Waals surface area contributed by atoms with Gasteiger partial charge in [0.25, 0.3) is 5.56 Å². The van der Waals surface area contributed by atoms with Gasteiger partial charge in [-0.15, -0.1) is 5.11 Å². The third-order valence-electron chi connectivity index (χ3n) is 3.85. The first-order chi connectivity index (χ1) is 13.1. The van der Waals surface area contributed by atoms with Crippen LogP contribution in [0.1, 0.15) is 16.1 Å². The Morgan fingerprint density at radius 1 is 1.11 bits per heavy atom. The summed E-state index contributed by atoms with van der Waals surface area (Å²) in [4.78, 5) is 23.8. The van der Waals surface area contributed by atoms with Crippen LogP contribution >= 0.6 is 0 Å². The summed E-state index contributed by atoms with van der Waals surface area (Å²) in [6.45, 7) is 5.47. The quantitative estimate of drug-likeness (QED) is 0.385. The second kappa shape index (κ2) is 8.09. The van der Waals surface area contributed by atoms with Gasteiger partial charge in [-0.1, -0.05) is 30.9 Å². The fourth-order valence-corrected chi connectivity index (χ4v) is 2.54. The highest BCUT2D eigenvalue weighted by Crippen LogP contribution is 2.30. The summed E-state index contributed by atoms with van der Waals surface area (Å²) >= 11 is 0. The molecule has 1 aromatic heterocycles. The molecule has 3 rings (SSSR count). The number of aromatic amines is 2. The summed E-state index contributed by atoms with van der Waals surface area (Å²) in [5.74, 6) is -0.425. The highest BCUT2D eigenvalue weighted by Gasteiger charge is 2.12. The maximum atomic E-state index is 12.0. The molecule has 3 aromatic rings. The molecule has 0 fully saturated rings. The van der Waals surface area contributed by atoms with E-state index in [1.54, 1.807) is 30.3 Å². The number of carbonyl (C=O) groups excluding carboxylic acids is 1. The molecular weight excluding hydrogens is 344 g/mol. The third kappa shape index (κ3) is 4.09. The zero-order valence-corrected chi connectivity index (χ0v) is 14.7. The average Bonchev–Trinajstić information content (AvgIpc) is 3.03. The number of benzene rings is 2. The van der Waals surface area contributed by atoms with Crippen LogP contribution in [0.25, 0.3) is 11.1 Å². The second-order valence-electron chi connectivity index (χ2n) is 5.73. The molecule has 2 N–H and O–H groups in total. The van der Waals surface area contributed by atoms with E-state index in [0.29, 0.717) is 28.1 Å². The molecule has 0 amide bonds. The predicted octanol–water partition coefficient (Wildman–Crippen LogP) is 4.44. The Balaban J connectivity index is 1.84. The number of carbonyl (C=O) groups is 1. The van der Waals surface area contributed by atoms with Gasteiger partial charge in [0.2, 0.25) is 0 Å². The summed E-state index contributed by atoms with van der Waals surface area (Å²) in [6.07, 6.45) is 1.51. The minimum absolute atomic E-state index is 0.161. The van der Waals surface area contributed by atoms with Crippen molar-refractivity contribution in [3.05, 3.63) is 82.8 Å². The van der Waals surface area contributed by atoms with Crippen molar-refractivity contribution in [2.24, 2.45) is 10.2 Å². The Labute approximate surface area is 155 Å². The van der Waals surface area contributed by atoms with Gasteiger partial charge in [-0.05, 0) is 37.3 Å². The zero-order chi connectivity index (χ0) is 19.2. The molecule has 136 valence electrons. The normalized spacial score (nSPS) is 10.9. The van der Waals surface area contributed by atoms with Gasteiger partial charge in [0.15, 0.2) is 0 Å². The lowest BCUT2D eigenvalue weighted by Gasteiger charge is -2.03. The molecule has 0 saturated heterocycles. The Morgan fingerprint density at radius 2 is 1.85 bits per heavy atom. The van der Waals surface area contributed by atoms with Crippen molar-refractivity contribution in [2.75, 3.05) is 6.61 Å². The van der Waals surface area contributed by atoms with Crippen molar-refractivity contribution in [1.82, 2.24) is 10.2 Å². The largest absolute Gasteiger partial charge is 0.458 e. The van der Waals surface area contributed by atoms with E-state index in [9.17, 15) is 9.59 Å². The third-order valence-corrected chi connectivity index (χ3v) is 3.85. The number of H-pyrrole nitrogens is 2. The van der Waals surface area contributed by atoms with Crippen molar-refractivity contribution in [1.29, 1.82) is 0 Å². The monoisotopic (exact) mass is 362 g/mol. The fourth-order valence-electron chi connectivity index (χ4n) is 2.54. The van der Waals surface area contributed by atoms with Gasteiger partial charge in [0.05, 0.1) is 22.5 Å². The minimum atomic E-state index is -0.425. The second-order valence-corrected chi connectivity index (χ2v) is 5.73. The van der Waals surface area contributed by atoms with Gasteiger partial charge in [-0.2, -0.15) is 5.11 Å². The van der Waals surface area contributed by atoms with E-state index >= 15 is 0 Å². The molecule has 0 unspecified atom stereocenters. The molecule has 27 heavy (non-hydrogen) atoms. The smallest absolute Gasteiger partial charge is 0.338 e. The topological polar surface area (TPSA) is 99.7 Å². The Bertz CT molecular complexity index is 1050. The molecule has 2 aromatic carbocycles. The van der Waals surface area contributed by atoms with Gasteiger partial charge < -0.3 is 9.84 Å². The van der Waals surface area contributed by atoms with Gasteiger partial charge in [0.1, 0.15) is 6.61 Å². The number of hydrogen-bond acceptors (Lipinski definition) is 5. The number of azo groups is 1. The number of hydrogen-bond donors (Lipinski definition) is 2. The van der Waals surface area contributed by atoms with E-state index in [4.69, 9.17) is 4.74 Å². The molecule has 0 bridgehead atoms. The van der Waals surface area contributed by atoms with Crippen molar-refractivity contribution in [3.63, 3.8) is 0 Å². The summed E-state index contributed by atoms with van der Waals surface area (Å²) < 4.78 is 4.98. The van der Waals surface area contributed by atoms with Crippen LogP contribution in [0, 0.1) is 6.92 Å². The lowest BCUT2D eigenvalue weighted by atomic mass is 10.1. The van der Waals surface area contributed by atoms with Crippen LogP contribution in [0.3, 0.4) is 0 Å². The van der Waals surface area contributed by atoms with Crippen LogP contribution < -0.4 is 5.56 Å². The molecule has 0 atom stereocenters. The molecule has 0 saturated carbocycles. The van der Waals surface area contributed by atoms with E-state index in [-0.39, 0.29) is 12.2 Å². The lowest BCUT2D eigenvalue weighted by Crippen LogP contribution is -2.04. The van der Waals surface area contributed by atoms with Gasteiger partial charge >= 0.3 is 5.97 Å². The van der Waals surface area contributed by atoms with E-state index in [1.165, 1.54) is 6.08 Å². The van der Waals surface area contributed by atoms with E-state index in [0.717, 1.165) is 5.69 Å². The summed E-state index contributed by atoms with van der Waals surface area (Å²) in [5.41, 5.74) is 3.30. The zero-order valence-electron chi connectivity index (χ0n) is 14.7. The Morgan fingerprint density at radius 3 is 2.52 bits per heavy atom. The highest BCUT2D eigenvalue weighted by atomic mass is 16.5. The van der Waals surface area contributed by atoms with Gasteiger partial charge in [0, 0.05) is 11.3 Å². The van der Waals surface area contributed by atoms with Gasteiger partial charge in [-0.25, -0.2) is 4.79 Å². The number of aromatic nitrogens is 2. The molecule has 0 spiro atoms. The SMILES string of the molecule is C=CCOC(=O)c1ccc(N=Nc2ccccc2-c2c(C)[nH][nH]c2=O)cc1. The maximum Gasteiger partial charge on any atom is 0.338 e. The summed E-state index contributed by atoms with van der Waals surface area (Å²) in [6, 6.07) is 13.8. The van der Waals surface area contributed by atoms with Crippen LogP contribution in [0.15, 0.2) is 76.2 Å². The minimum Gasteiger partial charge on any atom is -0.458 e. The molecule has 0 aliphatic carbocycles. The standard InChI is InChI=1S/C20H18N4O3/c1-3-12-27-20(26)14-8-10-15(11-9-14)22-23-17-7-5-4-6-16(17)18-13(2)21-24-19(18)25/h3-11H,1,12H2,2H3,(H2,21,24,25). The highest BCUT2D eigenvalue weighted by molar-refractivity contribution is 5.89. The molecule has 0 aliphatic rings. The van der Waals surface area contributed by atoms with Crippen LogP contribution in [-0.2, 0) is 4.74 Å². The summed E-state index contributed by atoms with van der Waals surface area (Å²) in [7, 11) is 0. The van der Waals surface area contributed by atoms with Crippen LogP contribution in [-0.4, -0.2) is 22.8 Å².